The summed E-state index contributed by atoms with van der Waals surface area (Å²) in [4.78, 5) is 35.6. The van der Waals surface area contributed by atoms with Crippen molar-refractivity contribution in [2.45, 2.75) is 6.54 Å². The first-order chi connectivity index (χ1) is 15.0. The molecule has 0 radical (unpaired) electrons. The van der Waals surface area contributed by atoms with Gasteiger partial charge in [0.1, 0.15) is 5.76 Å². The number of anilines is 2. The van der Waals surface area contributed by atoms with Gasteiger partial charge >= 0.3 is 6.03 Å². The molecule has 0 fully saturated rings. The summed E-state index contributed by atoms with van der Waals surface area (Å²) in [5, 5.41) is 10.7. The van der Waals surface area contributed by atoms with E-state index in [1.54, 1.807) is 80.1 Å². The lowest BCUT2D eigenvalue weighted by atomic mass is 10.1. The molecule has 0 aliphatic heterocycles. The number of nitrogens with one attached hydrogen (secondary N) is 4. The highest BCUT2D eigenvalue weighted by Gasteiger charge is 2.04. The normalized spacial score (nSPS) is 10.5. The molecule has 8 nitrogen and oxygen atoms in total. The molecule has 2 aromatic carbocycles. The minimum atomic E-state index is -0.362. The summed E-state index contributed by atoms with van der Waals surface area (Å²) in [6, 6.07) is 16.8. The lowest BCUT2D eigenvalue weighted by Crippen LogP contribution is -2.27. The van der Waals surface area contributed by atoms with E-state index in [4.69, 9.17) is 4.42 Å². The molecule has 1 aromatic heterocycles. The van der Waals surface area contributed by atoms with Crippen molar-refractivity contribution in [3.8, 4) is 0 Å². The molecule has 0 bridgehead atoms. The third-order valence-electron chi connectivity index (χ3n) is 4.24. The summed E-state index contributed by atoms with van der Waals surface area (Å²) in [5.74, 6) is 0.192. The molecule has 0 aliphatic rings. The highest BCUT2D eigenvalue weighted by atomic mass is 16.3. The van der Waals surface area contributed by atoms with Crippen molar-refractivity contribution in [3.63, 3.8) is 0 Å². The molecule has 0 aliphatic carbocycles. The van der Waals surface area contributed by atoms with E-state index in [-0.39, 0.29) is 24.4 Å². The van der Waals surface area contributed by atoms with E-state index >= 15 is 0 Å². The lowest BCUT2D eigenvalue weighted by molar-refractivity contribution is -0.111. The number of benzene rings is 2. The Labute approximate surface area is 179 Å². The molecule has 4 N–H and O–H groups in total. The van der Waals surface area contributed by atoms with Crippen molar-refractivity contribution in [1.82, 2.24) is 10.6 Å². The predicted molar refractivity (Wildman–Crippen MR) is 119 cm³/mol. The van der Waals surface area contributed by atoms with Crippen molar-refractivity contribution < 1.29 is 18.8 Å². The summed E-state index contributed by atoms with van der Waals surface area (Å²) < 4.78 is 5.15. The van der Waals surface area contributed by atoms with Gasteiger partial charge in [0, 0.05) is 30.1 Å². The number of amides is 4. The molecule has 8 heteroatoms. The van der Waals surface area contributed by atoms with Crippen LogP contribution in [0.5, 0.6) is 0 Å². The number of furan rings is 1. The van der Waals surface area contributed by atoms with Gasteiger partial charge in [0.15, 0.2) is 0 Å². The Balaban J connectivity index is 1.47. The average Bonchev–Trinajstić information content (AvgIpc) is 3.31. The van der Waals surface area contributed by atoms with Crippen LogP contribution in [0.25, 0.3) is 6.08 Å². The number of carbonyl (C=O) groups is 3. The third kappa shape index (κ3) is 6.60. The summed E-state index contributed by atoms with van der Waals surface area (Å²) in [7, 11) is 1.57. The van der Waals surface area contributed by atoms with Crippen LogP contribution < -0.4 is 21.3 Å². The van der Waals surface area contributed by atoms with Crippen LogP contribution in [-0.4, -0.2) is 24.9 Å². The number of hydrogen-bond acceptors (Lipinski definition) is 4. The van der Waals surface area contributed by atoms with Crippen LogP contribution in [0.4, 0.5) is 16.2 Å². The molecule has 4 amide bonds. The minimum Gasteiger partial charge on any atom is -0.467 e. The SMILES string of the molecule is CNC(=O)c1ccc(/C=C/C(=O)Nc2ccc(NC(=O)NCc3ccco3)cc2)cc1. The molecule has 158 valence electrons. The van der Waals surface area contributed by atoms with Crippen LogP contribution in [0.1, 0.15) is 21.7 Å². The Morgan fingerprint density at radius 3 is 2.19 bits per heavy atom. The second-order valence-electron chi connectivity index (χ2n) is 6.49. The fourth-order valence-corrected chi connectivity index (χ4v) is 2.64. The molecule has 31 heavy (non-hydrogen) atoms. The first-order valence-electron chi connectivity index (χ1n) is 9.52. The minimum absolute atomic E-state index is 0.166. The molecule has 0 atom stereocenters. The highest BCUT2D eigenvalue weighted by Crippen LogP contribution is 2.14. The van der Waals surface area contributed by atoms with Crippen LogP contribution in [0.15, 0.2) is 77.4 Å². The quantitative estimate of drug-likeness (QED) is 0.439. The van der Waals surface area contributed by atoms with E-state index in [9.17, 15) is 14.4 Å². The number of urea groups is 1. The summed E-state index contributed by atoms with van der Waals surface area (Å²) in [6.07, 6.45) is 4.60. The van der Waals surface area contributed by atoms with Crippen molar-refractivity contribution in [2.75, 3.05) is 17.7 Å². The second kappa shape index (κ2) is 10.4. The first-order valence-corrected chi connectivity index (χ1v) is 9.52. The zero-order valence-electron chi connectivity index (χ0n) is 16.8. The maximum atomic E-state index is 12.1. The van der Waals surface area contributed by atoms with E-state index in [0.29, 0.717) is 22.7 Å². The standard InChI is InChI=1S/C23H22N4O4/c1-24-22(29)17-7-4-16(5-8-17)6-13-21(28)26-18-9-11-19(12-10-18)27-23(30)25-15-20-3-2-14-31-20/h2-14H,15H2,1H3,(H,24,29)(H,26,28)(H2,25,27,30)/b13-6+. The maximum Gasteiger partial charge on any atom is 0.319 e. The van der Waals surface area contributed by atoms with Crippen LogP contribution >= 0.6 is 0 Å². The van der Waals surface area contributed by atoms with E-state index in [1.165, 1.54) is 6.08 Å². The largest absolute Gasteiger partial charge is 0.467 e. The molecule has 3 aromatic rings. The highest BCUT2D eigenvalue weighted by molar-refractivity contribution is 6.02. The predicted octanol–water partition coefficient (Wildman–Crippen LogP) is 3.61. The first kappa shape index (κ1) is 21.4. The van der Waals surface area contributed by atoms with E-state index in [0.717, 1.165) is 5.56 Å². The monoisotopic (exact) mass is 418 g/mol. The van der Waals surface area contributed by atoms with E-state index in [1.807, 2.05) is 0 Å². The average molecular weight is 418 g/mol. The third-order valence-corrected chi connectivity index (χ3v) is 4.24. The molecule has 0 spiro atoms. The zero-order valence-corrected chi connectivity index (χ0v) is 16.8. The number of carbonyl (C=O) groups excluding carboxylic acids is 3. The summed E-state index contributed by atoms with van der Waals surface area (Å²) in [5.41, 5.74) is 2.52. The molecule has 0 saturated carbocycles. The Hall–Kier alpha value is -4.33. The van der Waals surface area contributed by atoms with Crippen molar-refractivity contribution >= 4 is 35.3 Å². The van der Waals surface area contributed by atoms with Crippen LogP contribution in [-0.2, 0) is 11.3 Å². The van der Waals surface area contributed by atoms with Gasteiger partial charge in [-0.3, -0.25) is 9.59 Å². The van der Waals surface area contributed by atoms with Gasteiger partial charge in [-0.1, -0.05) is 12.1 Å². The Bertz CT molecular complexity index is 1060. The summed E-state index contributed by atoms with van der Waals surface area (Å²) in [6.45, 7) is 0.286. The van der Waals surface area contributed by atoms with Gasteiger partial charge in [-0.05, 0) is 60.2 Å². The Morgan fingerprint density at radius 2 is 1.58 bits per heavy atom. The van der Waals surface area contributed by atoms with Crippen LogP contribution in [0, 0.1) is 0 Å². The van der Waals surface area contributed by atoms with Gasteiger partial charge in [0.2, 0.25) is 5.91 Å². The number of hydrogen-bond donors (Lipinski definition) is 4. The Morgan fingerprint density at radius 1 is 0.903 bits per heavy atom. The molecular formula is C23H22N4O4. The smallest absolute Gasteiger partial charge is 0.319 e. The van der Waals surface area contributed by atoms with Crippen molar-refractivity contribution in [3.05, 3.63) is 89.9 Å². The molecular weight excluding hydrogens is 396 g/mol. The fraction of sp³-hybridized carbons (Fsp3) is 0.0870. The molecule has 0 saturated heterocycles. The lowest BCUT2D eigenvalue weighted by Gasteiger charge is -2.08. The Kier molecular flexibility index (Phi) is 7.21. The van der Waals surface area contributed by atoms with E-state index < -0.39 is 0 Å². The van der Waals surface area contributed by atoms with Gasteiger partial charge in [-0.2, -0.15) is 0 Å². The van der Waals surface area contributed by atoms with Crippen molar-refractivity contribution in [1.29, 1.82) is 0 Å². The fourth-order valence-electron chi connectivity index (χ4n) is 2.64. The van der Waals surface area contributed by atoms with Gasteiger partial charge in [0.05, 0.1) is 12.8 Å². The topological polar surface area (TPSA) is 112 Å². The second-order valence-corrected chi connectivity index (χ2v) is 6.49. The van der Waals surface area contributed by atoms with Gasteiger partial charge in [-0.25, -0.2) is 4.79 Å². The molecule has 3 rings (SSSR count). The van der Waals surface area contributed by atoms with E-state index in [2.05, 4.69) is 21.3 Å². The zero-order chi connectivity index (χ0) is 22.1. The van der Waals surface area contributed by atoms with Crippen LogP contribution in [0.2, 0.25) is 0 Å². The van der Waals surface area contributed by atoms with Gasteiger partial charge < -0.3 is 25.7 Å². The molecule has 1 heterocycles. The number of rotatable bonds is 7. The van der Waals surface area contributed by atoms with Gasteiger partial charge in [-0.15, -0.1) is 0 Å². The van der Waals surface area contributed by atoms with Crippen LogP contribution in [0.3, 0.4) is 0 Å². The molecule has 0 unspecified atom stereocenters. The van der Waals surface area contributed by atoms with Crippen molar-refractivity contribution in [2.24, 2.45) is 0 Å². The summed E-state index contributed by atoms with van der Waals surface area (Å²) >= 11 is 0. The van der Waals surface area contributed by atoms with Gasteiger partial charge in [0.25, 0.3) is 5.91 Å². The maximum absolute atomic E-state index is 12.1.